The monoisotopic (exact) mass is 569 g/mol. The van der Waals surface area contributed by atoms with E-state index in [-0.39, 0.29) is 17.8 Å². The molecular weight excluding hydrogens is 550 g/mol. The van der Waals surface area contributed by atoms with Crippen LogP contribution < -0.4 is 5.32 Å². The SMILES string of the molecule is CN1C[C@@H](c2cccc([N+](=O)[O-])c2)[C@](C#N)(C(=O)c2c[nH]c3ccccc23)C12C(=O)Nc1cc(Br)ccc12. The van der Waals surface area contributed by atoms with E-state index >= 15 is 0 Å². The highest BCUT2D eigenvalue weighted by Gasteiger charge is 2.74. The first-order chi connectivity index (χ1) is 18.3. The Morgan fingerprint density at radius 3 is 2.74 bits per heavy atom. The molecule has 4 aromatic rings. The molecule has 38 heavy (non-hydrogen) atoms. The highest BCUT2D eigenvalue weighted by molar-refractivity contribution is 9.10. The molecule has 1 spiro atoms. The standard InChI is InChI=1S/C28H20BrN5O4/c1-33-14-22(16-5-4-6-18(11-16)34(37)38)27(15-30,25(35)20-13-31-23-8-3-2-7-19(20)23)28(33)21-10-9-17(29)12-24(21)32-26(28)36/h2-13,22,31H,14H2,1H3,(H,32,36)/t22-,27+,28?/m0/s1. The highest BCUT2D eigenvalue weighted by atomic mass is 79.9. The van der Waals surface area contributed by atoms with Gasteiger partial charge in [0.15, 0.2) is 16.7 Å². The number of nitrogens with one attached hydrogen (secondary N) is 2. The van der Waals surface area contributed by atoms with Crippen molar-refractivity contribution in [3.63, 3.8) is 0 Å². The molecule has 2 aliphatic heterocycles. The number of likely N-dealkylation sites (tertiary alicyclic amines) is 1. The van der Waals surface area contributed by atoms with Crippen molar-refractivity contribution in [3.05, 3.63) is 104 Å². The van der Waals surface area contributed by atoms with Gasteiger partial charge in [-0.15, -0.1) is 0 Å². The van der Waals surface area contributed by atoms with Crippen molar-refractivity contribution in [3.8, 4) is 6.07 Å². The van der Waals surface area contributed by atoms with Crippen LogP contribution in [-0.4, -0.2) is 40.1 Å². The molecule has 0 radical (unpaired) electrons. The largest absolute Gasteiger partial charge is 0.360 e. The zero-order chi connectivity index (χ0) is 26.8. The predicted molar refractivity (Wildman–Crippen MR) is 144 cm³/mol. The number of likely N-dealkylation sites (N-methyl/N-ethyl adjacent to an activating group) is 1. The Morgan fingerprint density at radius 2 is 1.97 bits per heavy atom. The molecule has 10 heteroatoms. The third-order valence-electron chi connectivity index (χ3n) is 7.92. The van der Waals surface area contributed by atoms with Crippen LogP contribution in [0, 0.1) is 26.9 Å². The number of nitriles is 1. The van der Waals surface area contributed by atoms with Gasteiger partial charge < -0.3 is 10.3 Å². The van der Waals surface area contributed by atoms with Gasteiger partial charge in [-0.05, 0) is 30.8 Å². The van der Waals surface area contributed by atoms with Crippen LogP contribution in [0.1, 0.15) is 27.4 Å². The zero-order valence-corrected chi connectivity index (χ0v) is 21.7. The first kappa shape index (κ1) is 24.0. The van der Waals surface area contributed by atoms with Gasteiger partial charge in [-0.25, -0.2) is 0 Å². The van der Waals surface area contributed by atoms with Crippen molar-refractivity contribution in [1.29, 1.82) is 5.26 Å². The summed E-state index contributed by atoms with van der Waals surface area (Å²) in [5.74, 6) is -1.86. The predicted octanol–water partition coefficient (Wildman–Crippen LogP) is 5.11. The molecular formula is C28H20BrN5O4. The molecule has 3 aromatic carbocycles. The van der Waals surface area contributed by atoms with Crippen LogP contribution in [-0.2, 0) is 10.3 Å². The fraction of sp³-hybridized carbons (Fsp3) is 0.179. The summed E-state index contributed by atoms with van der Waals surface area (Å²) >= 11 is 3.44. The average Bonchev–Trinajstić information content (AvgIpc) is 3.55. The molecule has 3 heterocycles. The van der Waals surface area contributed by atoms with E-state index in [0.29, 0.717) is 22.2 Å². The quantitative estimate of drug-likeness (QED) is 0.199. The number of hydrogen-bond donors (Lipinski definition) is 2. The number of amides is 1. The summed E-state index contributed by atoms with van der Waals surface area (Å²) in [5, 5.41) is 26.2. The number of fused-ring (bicyclic) bond motifs is 3. The molecule has 188 valence electrons. The molecule has 1 fully saturated rings. The Labute approximate surface area is 225 Å². The van der Waals surface area contributed by atoms with Gasteiger partial charge in [-0.2, -0.15) is 5.26 Å². The molecule has 0 aliphatic carbocycles. The normalized spacial score (nSPS) is 24.3. The minimum Gasteiger partial charge on any atom is -0.360 e. The first-order valence-corrected chi connectivity index (χ1v) is 12.6. The number of carbonyl (C=O) groups excluding carboxylic acids is 2. The number of hydrogen-bond acceptors (Lipinski definition) is 6. The second-order valence-corrected chi connectivity index (χ2v) is 10.6. The number of nitro groups is 1. The number of anilines is 1. The van der Waals surface area contributed by atoms with E-state index in [1.807, 2.05) is 12.1 Å². The summed E-state index contributed by atoms with van der Waals surface area (Å²) in [6, 6.07) is 20.8. The smallest absolute Gasteiger partial charge is 0.269 e. The number of nitro benzene ring substituents is 1. The van der Waals surface area contributed by atoms with Gasteiger partial charge >= 0.3 is 0 Å². The Hall–Kier alpha value is -4.33. The van der Waals surface area contributed by atoms with E-state index in [1.165, 1.54) is 18.2 Å². The number of carbonyl (C=O) groups is 2. The summed E-state index contributed by atoms with van der Waals surface area (Å²) in [4.78, 5) is 44.8. The Morgan fingerprint density at radius 1 is 1.18 bits per heavy atom. The maximum Gasteiger partial charge on any atom is 0.269 e. The molecule has 3 atom stereocenters. The molecule has 0 bridgehead atoms. The molecule has 1 aromatic heterocycles. The van der Waals surface area contributed by atoms with E-state index < -0.39 is 33.5 Å². The van der Waals surface area contributed by atoms with Crippen molar-refractivity contribution in [2.24, 2.45) is 5.41 Å². The molecule has 6 rings (SSSR count). The molecule has 9 nitrogen and oxygen atoms in total. The third kappa shape index (κ3) is 2.94. The highest BCUT2D eigenvalue weighted by Crippen LogP contribution is 2.63. The van der Waals surface area contributed by atoms with Crippen LogP contribution in [0.25, 0.3) is 10.9 Å². The molecule has 0 saturated carbocycles. The van der Waals surface area contributed by atoms with Crippen LogP contribution in [0.3, 0.4) is 0 Å². The second-order valence-electron chi connectivity index (χ2n) is 9.64. The molecule has 1 unspecified atom stereocenters. The lowest BCUT2D eigenvalue weighted by Crippen LogP contribution is -2.58. The fourth-order valence-electron chi connectivity index (χ4n) is 6.36. The number of rotatable bonds is 4. The first-order valence-electron chi connectivity index (χ1n) is 11.8. The van der Waals surface area contributed by atoms with Crippen molar-refractivity contribution in [1.82, 2.24) is 9.88 Å². The van der Waals surface area contributed by atoms with Gasteiger partial charge in [0, 0.05) is 63.0 Å². The van der Waals surface area contributed by atoms with Gasteiger partial charge in [0.1, 0.15) is 0 Å². The van der Waals surface area contributed by atoms with Crippen LogP contribution >= 0.6 is 15.9 Å². The van der Waals surface area contributed by atoms with E-state index in [1.54, 1.807) is 54.5 Å². The lowest BCUT2D eigenvalue weighted by atomic mass is 9.58. The Balaban J connectivity index is 1.69. The fourth-order valence-corrected chi connectivity index (χ4v) is 6.72. The summed E-state index contributed by atoms with van der Waals surface area (Å²) in [6.07, 6.45) is 1.57. The van der Waals surface area contributed by atoms with Gasteiger partial charge in [-0.1, -0.05) is 52.3 Å². The number of nitrogens with zero attached hydrogens (tertiary/aromatic N) is 3. The lowest BCUT2D eigenvalue weighted by Gasteiger charge is -2.41. The van der Waals surface area contributed by atoms with Crippen molar-refractivity contribution >= 4 is 49.9 Å². The van der Waals surface area contributed by atoms with E-state index in [4.69, 9.17) is 0 Å². The number of ketones is 1. The number of Topliss-reactive ketones (excluding diaryl/α,β-unsaturated/α-hetero) is 1. The summed E-state index contributed by atoms with van der Waals surface area (Å²) in [5.41, 5.74) is -1.33. The number of non-ortho nitro benzene ring substituents is 1. The Bertz CT molecular complexity index is 1730. The van der Waals surface area contributed by atoms with Crippen molar-refractivity contribution in [2.45, 2.75) is 11.5 Å². The summed E-state index contributed by atoms with van der Waals surface area (Å²) in [6.45, 7) is 0.145. The van der Waals surface area contributed by atoms with Crippen LogP contribution in [0.4, 0.5) is 11.4 Å². The lowest BCUT2D eigenvalue weighted by molar-refractivity contribution is -0.384. The number of aromatic nitrogens is 1. The molecule has 1 amide bonds. The van der Waals surface area contributed by atoms with Crippen LogP contribution in [0.5, 0.6) is 0 Å². The van der Waals surface area contributed by atoms with Gasteiger partial charge in [0.25, 0.3) is 11.6 Å². The van der Waals surface area contributed by atoms with Crippen molar-refractivity contribution < 1.29 is 14.5 Å². The maximum absolute atomic E-state index is 14.8. The van der Waals surface area contributed by atoms with E-state index in [2.05, 4.69) is 32.3 Å². The van der Waals surface area contributed by atoms with Crippen LogP contribution in [0.2, 0.25) is 0 Å². The molecule has 1 saturated heterocycles. The third-order valence-corrected chi connectivity index (χ3v) is 8.42. The zero-order valence-electron chi connectivity index (χ0n) is 20.1. The minimum atomic E-state index is -1.95. The van der Waals surface area contributed by atoms with E-state index in [9.17, 15) is 25.0 Å². The minimum absolute atomic E-state index is 0.145. The van der Waals surface area contributed by atoms with Gasteiger partial charge in [-0.3, -0.25) is 24.6 Å². The van der Waals surface area contributed by atoms with Gasteiger partial charge in [0.2, 0.25) is 0 Å². The molecule has 2 N–H and O–H groups in total. The van der Waals surface area contributed by atoms with E-state index in [0.717, 1.165) is 9.99 Å². The molecule has 2 aliphatic rings. The Kier molecular flexibility index (Phi) is 5.28. The number of H-pyrrole nitrogens is 1. The number of para-hydroxylation sites is 1. The maximum atomic E-state index is 14.8. The topological polar surface area (TPSA) is 132 Å². The summed E-state index contributed by atoms with van der Waals surface area (Å²) in [7, 11) is 1.71. The number of halogens is 1. The van der Waals surface area contributed by atoms with Gasteiger partial charge in [0.05, 0.1) is 11.0 Å². The average molecular weight is 570 g/mol. The van der Waals surface area contributed by atoms with Crippen LogP contribution in [0.15, 0.2) is 77.4 Å². The number of aromatic amines is 1. The van der Waals surface area contributed by atoms with Crippen molar-refractivity contribution in [2.75, 3.05) is 18.9 Å². The summed E-state index contributed by atoms with van der Waals surface area (Å²) < 4.78 is 0.731. The second kappa shape index (κ2) is 8.34. The number of benzene rings is 3.